The van der Waals surface area contributed by atoms with E-state index in [0.717, 1.165) is 17.5 Å². The van der Waals surface area contributed by atoms with Gasteiger partial charge in [-0.3, -0.25) is 0 Å². The van der Waals surface area contributed by atoms with Crippen LogP contribution in [0.3, 0.4) is 0 Å². The molecule has 0 radical (unpaired) electrons. The Morgan fingerprint density at radius 1 is 0.889 bits per heavy atom. The van der Waals surface area contributed by atoms with E-state index in [-0.39, 0.29) is 5.56 Å². The topological polar surface area (TPSA) is 0 Å². The quantitative estimate of drug-likeness (QED) is 0.387. The summed E-state index contributed by atoms with van der Waals surface area (Å²) in [5.74, 6) is 6.15. The highest BCUT2D eigenvalue weighted by atomic mass is 19.1. The lowest BCUT2D eigenvalue weighted by Crippen LogP contribution is -2.13. The van der Waals surface area contributed by atoms with Gasteiger partial charge in [0.2, 0.25) is 0 Å². The lowest BCUT2D eigenvalue weighted by molar-refractivity contribution is 0.303. The van der Waals surface area contributed by atoms with Crippen LogP contribution in [0.1, 0.15) is 80.9 Å². The molecule has 0 amide bonds. The van der Waals surface area contributed by atoms with Crippen molar-refractivity contribution in [2.24, 2.45) is 5.92 Å². The smallest absolute Gasteiger partial charge is 0.141 e. The van der Waals surface area contributed by atoms with Gasteiger partial charge in [-0.15, -0.1) is 0 Å². The number of rotatable bonds is 5. The summed E-state index contributed by atoms with van der Waals surface area (Å²) in [6.07, 6.45) is 10.7. The van der Waals surface area contributed by atoms with E-state index in [1.54, 1.807) is 0 Å². The van der Waals surface area contributed by atoms with Crippen LogP contribution < -0.4 is 0 Å². The zero-order valence-electron chi connectivity index (χ0n) is 16.1. The Kier molecular flexibility index (Phi) is 7.04. The van der Waals surface area contributed by atoms with Crippen molar-refractivity contribution < 1.29 is 8.78 Å². The molecule has 0 aliphatic heterocycles. The van der Waals surface area contributed by atoms with Gasteiger partial charge >= 0.3 is 0 Å². The zero-order chi connectivity index (χ0) is 19.1. The monoisotopic (exact) mass is 366 g/mol. The van der Waals surface area contributed by atoms with Crippen LogP contribution >= 0.6 is 0 Å². The minimum absolute atomic E-state index is 0.224. The third kappa shape index (κ3) is 5.67. The maximum absolute atomic E-state index is 13.6. The maximum atomic E-state index is 13.6. The Morgan fingerprint density at radius 3 is 2.30 bits per heavy atom. The van der Waals surface area contributed by atoms with Crippen molar-refractivity contribution in [3.8, 4) is 11.8 Å². The highest BCUT2D eigenvalue weighted by Crippen LogP contribution is 2.37. The van der Waals surface area contributed by atoms with Gasteiger partial charge < -0.3 is 0 Å². The van der Waals surface area contributed by atoms with Crippen molar-refractivity contribution in [2.45, 2.75) is 64.2 Å². The van der Waals surface area contributed by atoms with Crippen LogP contribution in [0.4, 0.5) is 8.78 Å². The van der Waals surface area contributed by atoms with Crippen molar-refractivity contribution in [2.75, 3.05) is 0 Å². The van der Waals surface area contributed by atoms with Gasteiger partial charge in [0.05, 0.1) is 5.56 Å². The molecule has 3 rings (SSSR count). The third-order valence-electron chi connectivity index (χ3n) is 5.72. The second-order valence-corrected chi connectivity index (χ2v) is 7.71. The molecule has 0 N–H and O–H groups in total. The van der Waals surface area contributed by atoms with E-state index in [1.807, 2.05) is 12.1 Å². The summed E-state index contributed by atoms with van der Waals surface area (Å²) in [6.45, 7) is 2.26. The van der Waals surface area contributed by atoms with Crippen LogP contribution in [0.25, 0.3) is 0 Å². The predicted molar refractivity (Wildman–Crippen MR) is 108 cm³/mol. The first kappa shape index (κ1) is 19.6. The first-order chi connectivity index (χ1) is 13.2. The summed E-state index contributed by atoms with van der Waals surface area (Å²) >= 11 is 0. The fourth-order valence-electron chi connectivity index (χ4n) is 4.04. The summed E-state index contributed by atoms with van der Waals surface area (Å²) in [5, 5.41) is 0. The first-order valence-electron chi connectivity index (χ1n) is 10.2. The standard InChI is InChI=1S/C25H28F2/c1-2-3-4-5-19-6-11-21(12-7-19)22-13-8-20(9-14-22)10-15-23-16-17-24(26)18-25(23)27/h8-9,13-14,16-19,21H,2-7,11-12H2,1H3. The molecule has 2 aromatic rings. The van der Waals surface area contributed by atoms with Crippen LogP contribution in [0.2, 0.25) is 0 Å². The molecule has 0 spiro atoms. The summed E-state index contributed by atoms with van der Waals surface area (Å²) in [5.41, 5.74) is 2.47. The molecule has 0 atom stereocenters. The molecular weight excluding hydrogens is 338 g/mol. The van der Waals surface area contributed by atoms with Gasteiger partial charge in [0, 0.05) is 11.6 Å². The van der Waals surface area contributed by atoms with E-state index >= 15 is 0 Å². The minimum Gasteiger partial charge on any atom is -0.207 e. The van der Waals surface area contributed by atoms with Crippen molar-refractivity contribution in [3.63, 3.8) is 0 Å². The normalized spacial score (nSPS) is 19.4. The predicted octanol–water partition coefficient (Wildman–Crippen LogP) is 7.22. The van der Waals surface area contributed by atoms with Crippen LogP contribution in [0.5, 0.6) is 0 Å². The van der Waals surface area contributed by atoms with Crippen LogP contribution in [0, 0.1) is 29.4 Å². The van der Waals surface area contributed by atoms with Crippen LogP contribution in [-0.4, -0.2) is 0 Å². The van der Waals surface area contributed by atoms with E-state index < -0.39 is 11.6 Å². The van der Waals surface area contributed by atoms with Gasteiger partial charge in [0.25, 0.3) is 0 Å². The van der Waals surface area contributed by atoms with E-state index in [4.69, 9.17) is 0 Å². The molecule has 0 unspecified atom stereocenters. The van der Waals surface area contributed by atoms with Crippen molar-refractivity contribution in [1.82, 2.24) is 0 Å². The summed E-state index contributed by atoms with van der Waals surface area (Å²) in [6, 6.07) is 11.8. The molecule has 27 heavy (non-hydrogen) atoms. The van der Waals surface area contributed by atoms with Crippen LogP contribution in [0.15, 0.2) is 42.5 Å². The molecule has 1 fully saturated rings. The SMILES string of the molecule is CCCCCC1CCC(c2ccc(C#Cc3ccc(F)cc3F)cc2)CC1. The molecule has 1 saturated carbocycles. The number of halogens is 2. The largest absolute Gasteiger partial charge is 0.207 e. The lowest BCUT2D eigenvalue weighted by Gasteiger charge is -2.29. The molecule has 0 heterocycles. The fraction of sp³-hybridized carbons (Fsp3) is 0.440. The van der Waals surface area contributed by atoms with Gasteiger partial charge in [-0.25, -0.2) is 8.78 Å². The summed E-state index contributed by atoms with van der Waals surface area (Å²) in [4.78, 5) is 0. The van der Waals surface area contributed by atoms with Gasteiger partial charge in [-0.05, 0) is 67.3 Å². The number of benzene rings is 2. The Morgan fingerprint density at radius 2 is 1.63 bits per heavy atom. The van der Waals surface area contributed by atoms with E-state index in [9.17, 15) is 8.78 Å². The maximum Gasteiger partial charge on any atom is 0.141 e. The average Bonchev–Trinajstić information content (AvgIpc) is 2.69. The van der Waals surface area contributed by atoms with E-state index in [2.05, 4.69) is 30.9 Å². The Labute approximate surface area is 162 Å². The molecule has 1 aliphatic rings. The van der Waals surface area contributed by atoms with Gasteiger partial charge in [-0.1, -0.05) is 56.6 Å². The van der Waals surface area contributed by atoms with Crippen LogP contribution in [-0.2, 0) is 0 Å². The van der Waals surface area contributed by atoms with Crippen molar-refractivity contribution in [3.05, 3.63) is 70.8 Å². The van der Waals surface area contributed by atoms with E-state index in [0.29, 0.717) is 5.92 Å². The molecule has 0 aromatic heterocycles. The van der Waals surface area contributed by atoms with Crippen molar-refractivity contribution in [1.29, 1.82) is 0 Å². The highest BCUT2D eigenvalue weighted by Gasteiger charge is 2.21. The molecule has 2 heteroatoms. The average molecular weight is 366 g/mol. The molecule has 1 aliphatic carbocycles. The fourth-order valence-corrected chi connectivity index (χ4v) is 4.04. The second-order valence-electron chi connectivity index (χ2n) is 7.71. The summed E-state index contributed by atoms with van der Waals surface area (Å²) in [7, 11) is 0. The van der Waals surface area contributed by atoms with Crippen molar-refractivity contribution >= 4 is 0 Å². The number of unbranched alkanes of at least 4 members (excludes halogenated alkanes) is 2. The minimum atomic E-state index is -0.616. The van der Waals surface area contributed by atoms with Gasteiger partial charge in [0.15, 0.2) is 0 Å². The van der Waals surface area contributed by atoms with Gasteiger partial charge in [-0.2, -0.15) is 0 Å². The molecule has 0 saturated heterocycles. The second kappa shape index (κ2) is 9.70. The van der Waals surface area contributed by atoms with E-state index in [1.165, 1.54) is 69.1 Å². The Balaban J connectivity index is 1.56. The number of hydrogen-bond acceptors (Lipinski definition) is 0. The molecular formula is C25H28F2. The molecule has 0 bridgehead atoms. The van der Waals surface area contributed by atoms with Gasteiger partial charge in [0.1, 0.15) is 11.6 Å². The number of hydrogen-bond donors (Lipinski definition) is 0. The summed E-state index contributed by atoms with van der Waals surface area (Å²) < 4.78 is 26.6. The first-order valence-corrected chi connectivity index (χ1v) is 10.2. The Bertz CT molecular complexity index is 787. The Hall–Kier alpha value is -2.14. The third-order valence-corrected chi connectivity index (χ3v) is 5.72. The molecule has 2 aromatic carbocycles. The lowest BCUT2D eigenvalue weighted by atomic mass is 9.77. The highest BCUT2D eigenvalue weighted by molar-refractivity contribution is 5.44. The zero-order valence-corrected chi connectivity index (χ0v) is 16.1. The molecule has 142 valence electrons. The molecule has 0 nitrogen and oxygen atoms in total.